The number of piperidine rings is 1. The van der Waals surface area contributed by atoms with Gasteiger partial charge in [0.25, 0.3) is 10.0 Å². The van der Waals surface area contributed by atoms with Crippen molar-refractivity contribution in [3.8, 4) is 0 Å². The minimum atomic E-state index is -3.41. The summed E-state index contributed by atoms with van der Waals surface area (Å²) in [4.78, 5) is 12.6. The van der Waals surface area contributed by atoms with Gasteiger partial charge in [0.05, 0.1) is 0 Å². The summed E-state index contributed by atoms with van der Waals surface area (Å²) in [5, 5.41) is 4.79. The summed E-state index contributed by atoms with van der Waals surface area (Å²) in [5.74, 6) is -0.144. The number of aryl methyl sites for hydroxylation is 2. The van der Waals surface area contributed by atoms with Crippen LogP contribution in [0.15, 0.2) is 39.9 Å². The van der Waals surface area contributed by atoms with Gasteiger partial charge >= 0.3 is 0 Å². The van der Waals surface area contributed by atoms with Crippen molar-refractivity contribution in [1.82, 2.24) is 4.31 Å². The summed E-state index contributed by atoms with van der Waals surface area (Å²) >= 11 is 1.23. The minimum absolute atomic E-state index is 0.00359. The first-order valence-corrected chi connectivity index (χ1v) is 11.3. The molecule has 1 N–H and O–H groups in total. The molecule has 0 spiro atoms. The maximum atomic E-state index is 12.6. The first-order valence-electron chi connectivity index (χ1n) is 9.00. The zero-order chi connectivity index (χ0) is 18.1. The lowest BCUT2D eigenvalue weighted by atomic mass is 9.97. The zero-order valence-corrected chi connectivity index (χ0v) is 16.1. The fourth-order valence-electron chi connectivity index (χ4n) is 3.79. The largest absolute Gasteiger partial charge is 0.326 e. The predicted molar refractivity (Wildman–Crippen MR) is 103 cm³/mol. The lowest BCUT2D eigenvalue weighted by Crippen LogP contribution is -2.41. The molecule has 0 atom stereocenters. The highest BCUT2D eigenvalue weighted by Gasteiger charge is 2.32. The van der Waals surface area contributed by atoms with Crippen LogP contribution in [-0.2, 0) is 27.7 Å². The lowest BCUT2D eigenvalue weighted by molar-refractivity contribution is -0.120. The number of thiophene rings is 1. The number of carbonyl (C=O) groups excluding carboxylic acids is 1. The second kappa shape index (κ2) is 7.13. The van der Waals surface area contributed by atoms with Gasteiger partial charge in [0, 0.05) is 24.7 Å². The predicted octanol–water partition coefficient (Wildman–Crippen LogP) is 3.28. The van der Waals surface area contributed by atoms with Crippen LogP contribution in [0.3, 0.4) is 0 Å². The van der Waals surface area contributed by atoms with Crippen LogP contribution in [-0.4, -0.2) is 31.7 Å². The van der Waals surface area contributed by atoms with Crippen LogP contribution in [0.2, 0.25) is 0 Å². The van der Waals surface area contributed by atoms with E-state index in [1.54, 1.807) is 17.5 Å². The molecule has 7 heteroatoms. The van der Waals surface area contributed by atoms with E-state index < -0.39 is 10.0 Å². The van der Waals surface area contributed by atoms with Gasteiger partial charge < -0.3 is 5.32 Å². The molecule has 1 amide bonds. The number of benzene rings is 1. The molecule has 1 fully saturated rings. The number of nitrogens with zero attached hydrogens (tertiary/aromatic N) is 1. The molecule has 1 aromatic carbocycles. The van der Waals surface area contributed by atoms with E-state index in [2.05, 4.69) is 17.4 Å². The number of fused-ring (bicyclic) bond motifs is 1. The number of carbonyl (C=O) groups is 1. The van der Waals surface area contributed by atoms with E-state index in [1.807, 2.05) is 6.07 Å². The summed E-state index contributed by atoms with van der Waals surface area (Å²) in [5.41, 5.74) is 3.57. The van der Waals surface area contributed by atoms with Gasteiger partial charge in [-0.3, -0.25) is 4.79 Å². The van der Waals surface area contributed by atoms with Crippen LogP contribution >= 0.6 is 11.3 Å². The summed E-state index contributed by atoms with van der Waals surface area (Å²) in [6.07, 6.45) is 4.51. The minimum Gasteiger partial charge on any atom is -0.326 e. The third-order valence-corrected chi connectivity index (χ3v) is 8.55. The molecule has 2 heterocycles. The Labute approximate surface area is 158 Å². The molecule has 2 aromatic rings. The van der Waals surface area contributed by atoms with Gasteiger partial charge in [-0.25, -0.2) is 8.42 Å². The highest BCUT2D eigenvalue weighted by Crippen LogP contribution is 2.28. The molecular formula is C19H22N2O3S2. The molecule has 0 radical (unpaired) electrons. The molecule has 5 nitrogen and oxygen atoms in total. The summed E-state index contributed by atoms with van der Waals surface area (Å²) in [6, 6.07) is 9.53. The third kappa shape index (κ3) is 3.43. The molecule has 1 aliphatic heterocycles. The molecule has 1 aromatic heterocycles. The van der Waals surface area contributed by atoms with Crippen LogP contribution < -0.4 is 5.32 Å². The van der Waals surface area contributed by atoms with E-state index in [4.69, 9.17) is 0 Å². The first kappa shape index (κ1) is 17.7. The Morgan fingerprint density at radius 3 is 2.62 bits per heavy atom. The monoisotopic (exact) mass is 390 g/mol. The van der Waals surface area contributed by atoms with Crippen molar-refractivity contribution in [2.45, 2.75) is 36.3 Å². The first-order chi connectivity index (χ1) is 12.5. The lowest BCUT2D eigenvalue weighted by Gasteiger charge is -2.30. The Bertz CT molecular complexity index is 899. The normalized spacial score (nSPS) is 18.6. The molecule has 0 saturated carbocycles. The molecule has 1 aliphatic carbocycles. The molecule has 2 aliphatic rings. The van der Waals surface area contributed by atoms with Crippen LogP contribution in [0.5, 0.6) is 0 Å². The average molecular weight is 391 g/mol. The number of nitrogens with one attached hydrogen (secondary N) is 1. The molecule has 4 rings (SSSR count). The van der Waals surface area contributed by atoms with Crippen molar-refractivity contribution in [2.75, 3.05) is 18.4 Å². The smallest absolute Gasteiger partial charge is 0.252 e. The number of anilines is 1. The van der Waals surface area contributed by atoms with Crippen LogP contribution in [0.1, 0.15) is 30.4 Å². The van der Waals surface area contributed by atoms with Gasteiger partial charge in [0.1, 0.15) is 4.21 Å². The van der Waals surface area contributed by atoms with E-state index in [1.165, 1.54) is 33.2 Å². The van der Waals surface area contributed by atoms with Gasteiger partial charge in [0.2, 0.25) is 5.91 Å². The van der Waals surface area contributed by atoms with Crippen molar-refractivity contribution in [2.24, 2.45) is 5.92 Å². The van der Waals surface area contributed by atoms with Gasteiger partial charge in [-0.05, 0) is 66.8 Å². The van der Waals surface area contributed by atoms with Crippen LogP contribution in [0, 0.1) is 5.92 Å². The van der Waals surface area contributed by atoms with Crippen molar-refractivity contribution >= 4 is 33.0 Å². The molecule has 138 valence electrons. The second-order valence-corrected chi connectivity index (χ2v) is 10.0. The Hall–Kier alpha value is -1.70. The fourth-order valence-corrected chi connectivity index (χ4v) is 6.40. The maximum absolute atomic E-state index is 12.6. The Morgan fingerprint density at radius 2 is 1.88 bits per heavy atom. The van der Waals surface area contributed by atoms with Crippen LogP contribution in [0.4, 0.5) is 5.69 Å². The van der Waals surface area contributed by atoms with E-state index in [-0.39, 0.29) is 11.8 Å². The Balaban J connectivity index is 1.36. The van der Waals surface area contributed by atoms with Gasteiger partial charge in [-0.2, -0.15) is 4.31 Å². The third-order valence-electron chi connectivity index (χ3n) is 5.28. The van der Waals surface area contributed by atoms with Crippen molar-refractivity contribution in [3.05, 3.63) is 46.8 Å². The van der Waals surface area contributed by atoms with Crippen molar-refractivity contribution in [3.63, 3.8) is 0 Å². The maximum Gasteiger partial charge on any atom is 0.252 e. The average Bonchev–Trinajstić information content (AvgIpc) is 3.33. The Morgan fingerprint density at radius 1 is 1.12 bits per heavy atom. The van der Waals surface area contributed by atoms with Gasteiger partial charge in [-0.15, -0.1) is 11.3 Å². The standard InChI is InChI=1S/C19H22N2O3S2/c22-19(20-17-7-6-14-3-1-4-16(14)13-17)15-8-10-21(11-9-15)26(23,24)18-5-2-12-25-18/h2,5-7,12-13,15H,1,3-4,8-11H2,(H,20,22). The summed E-state index contributed by atoms with van der Waals surface area (Å²) in [6.45, 7) is 0.783. The van der Waals surface area contributed by atoms with Gasteiger partial charge in [-0.1, -0.05) is 12.1 Å². The van der Waals surface area contributed by atoms with E-state index in [0.29, 0.717) is 30.1 Å². The van der Waals surface area contributed by atoms with E-state index in [0.717, 1.165) is 18.5 Å². The Kier molecular flexibility index (Phi) is 4.86. The molecular weight excluding hydrogens is 368 g/mol. The molecule has 1 saturated heterocycles. The van der Waals surface area contributed by atoms with E-state index >= 15 is 0 Å². The molecule has 0 unspecified atom stereocenters. The highest BCUT2D eigenvalue weighted by molar-refractivity contribution is 7.91. The topological polar surface area (TPSA) is 66.5 Å². The van der Waals surface area contributed by atoms with Gasteiger partial charge in [0.15, 0.2) is 0 Å². The number of amides is 1. The highest BCUT2D eigenvalue weighted by atomic mass is 32.2. The number of hydrogen-bond donors (Lipinski definition) is 1. The number of hydrogen-bond acceptors (Lipinski definition) is 4. The molecule has 26 heavy (non-hydrogen) atoms. The van der Waals surface area contributed by atoms with Crippen LogP contribution in [0.25, 0.3) is 0 Å². The fraction of sp³-hybridized carbons (Fsp3) is 0.421. The van der Waals surface area contributed by atoms with Crippen molar-refractivity contribution in [1.29, 1.82) is 0 Å². The SMILES string of the molecule is O=C(Nc1ccc2c(c1)CCC2)C1CCN(S(=O)(=O)c2cccs2)CC1. The zero-order valence-electron chi connectivity index (χ0n) is 14.5. The summed E-state index contributed by atoms with van der Waals surface area (Å²) < 4.78 is 27.0. The summed E-state index contributed by atoms with van der Waals surface area (Å²) in [7, 11) is -3.41. The molecule has 0 bridgehead atoms. The van der Waals surface area contributed by atoms with Crippen molar-refractivity contribution < 1.29 is 13.2 Å². The number of rotatable bonds is 4. The quantitative estimate of drug-likeness (QED) is 0.871. The number of sulfonamides is 1. The second-order valence-electron chi connectivity index (χ2n) is 6.94. The van der Waals surface area contributed by atoms with E-state index in [9.17, 15) is 13.2 Å².